The minimum Gasteiger partial charge on any atom is -0.463 e. The average molecular weight is 695 g/mol. The Balaban J connectivity index is 2.39. The van der Waals surface area contributed by atoms with Gasteiger partial charge in [0.05, 0.1) is 6.61 Å². The first kappa shape index (κ1) is 39.5. The maximum absolute atomic E-state index is 13.7. The fraction of sp³-hybridized carbons (Fsp3) is 0.778. The van der Waals surface area contributed by atoms with Gasteiger partial charge < -0.3 is 33.3 Å². The van der Waals surface area contributed by atoms with Gasteiger partial charge in [0.25, 0.3) is 5.91 Å². The van der Waals surface area contributed by atoms with Crippen molar-refractivity contribution in [3.05, 3.63) is 0 Å². The molecule has 268 valence electrons. The van der Waals surface area contributed by atoms with Gasteiger partial charge in [-0.3, -0.25) is 28.9 Å². The van der Waals surface area contributed by atoms with Crippen molar-refractivity contribution in [1.29, 1.82) is 0 Å². The summed E-state index contributed by atoms with van der Waals surface area (Å²) in [6.07, 6.45) is -20.3. The lowest BCUT2D eigenvalue weighted by Gasteiger charge is -2.44. The summed E-state index contributed by atoms with van der Waals surface area (Å²) in [6, 6.07) is -4.36. The zero-order valence-electron chi connectivity index (χ0n) is 26.4. The lowest BCUT2D eigenvalue weighted by molar-refractivity contribution is -0.308. The molecule has 2 aliphatic rings. The molecule has 1 unspecified atom stereocenters. The SMILES string of the molecule is CC(=O)OC[C@H]1O[C@@H](OCCCN2C(=O)N(C(C)(C)C)C(=O)C2C(C(F)(F)F)C(F)(F)F)[C@H](OC(C)=O)[C@@H](OC(C)=O)[C@@H]1OC(C)=O. The number of halogens is 6. The predicted molar refractivity (Wildman–Crippen MR) is 141 cm³/mol. The van der Waals surface area contributed by atoms with Gasteiger partial charge in [-0.25, -0.2) is 4.79 Å². The number of hydrogen-bond donors (Lipinski definition) is 0. The molecule has 2 aliphatic heterocycles. The molecule has 6 atom stereocenters. The number of ether oxygens (including phenoxy) is 6. The third-order valence-electron chi connectivity index (χ3n) is 6.71. The Morgan fingerprint density at radius 1 is 0.787 bits per heavy atom. The van der Waals surface area contributed by atoms with E-state index in [1.54, 1.807) is 0 Å². The summed E-state index contributed by atoms with van der Waals surface area (Å²) in [7, 11) is 0. The Morgan fingerprint density at radius 2 is 1.28 bits per heavy atom. The summed E-state index contributed by atoms with van der Waals surface area (Å²) in [4.78, 5) is 73.7. The number of rotatable bonds is 11. The van der Waals surface area contributed by atoms with Crippen molar-refractivity contribution in [3.8, 4) is 0 Å². The first-order valence-electron chi connectivity index (χ1n) is 14.1. The van der Waals surface area contributed by atoms with Crippen LogP contribution in [0.5, 0.6) is 0 Å². The largest absolute Gasteiger partial charge is 0.463 e. The highest BCUT2D eigenvalue weighted by Crippen LogP contribution is 2.46. The number of esters is 4. The smallest absolute Gasteiger partial charge is 0.403 e. The molecule has 0 aromatic rings. The van der Waals surface area contributed by atoms with Crippen LogP contribution in [0.1, 0.15) is 54.9 Å². The third-order valence-corrected chi connectivity index (χ3v) is 6.71. The Bertz CT molecular complexity index is 1190. The molecule has 20 heteroatoms. The summed E-state index contributed by atoms with van der Waals surface area (Å²) in [5, 5.41) is 0. The number of imide groups is 1. The molecule has 0 N–H and O–H groups in total. The maximum Gasteiger partial charge on any atom is 0.403 e. The van der Waals surface area contributed by atoms with Crippen molar-refractivity contribution in [2.75, 3.05) is 19.8 Å². The Labute approximate surface area is 264 Å². The van der Waals surface area contributed by atoms with Crippen LogP contribution in [-0.4, -0.2) is 120 Å². The van der Waals surface area contributed by atoms with E-state index in [1.807, 2.05) is 0 Å². The van der Waals surface area contributed by atoms with Gasteiger partial charge in [0, 0.05) is 39.8 Å². The molecule has 2 saturated heterocycles. The summed E-state index contributed by atoms with van der Waals surface area (Å²) in [5.41, 5.74) is -1.48. The highest BCUT2D eigenvalue weighted by Gasteiger charge is 2.67. The van der Waals surface area contributed by atoms with E-state index in [0.717, 1.165) is 27.7 Å². The second-order valence-electron chi connectivity index (χ2n) is 11.6. The van der Waals surface area contributed by atoms with Crippen LogP contribution in [0.15, 0.2) is 0 Å². The minimum atomic E-state index is -5.95. The monoisotopic (exact) mass is 694 g/mol. The first-order chi connectivity index (χ1) is 21.4. The van der Waals surface area contributed by atoms with E-state index >= 15 is 0 Å². The zero-order chi connectivity index (χ0) is 36.2. The van der Waals surface area contributed by atoms with Gasteiger partial charge >= 0.3 is 42.3 Å². The lowest BCUT2D eigenvalue weighted by atomic mass is 9.96. The van der Waals surface area contributed by atoms with E-state index in [-0.39, 0.29) is 4.90 Å². The molecule has 2 fully saturated rings. The molecular formula is C27H36F6N2O12. The second-order valence-corrected chi connectivity index (χ2v) is 11.6. The van der Waals surface area contributed by atoms with E-state index < -0.39 is 123 Å². The van der Waals surface area contributed by atoms with Gasteiger partial charge in [-0.15, -0.1) is 0 Å². The van der Waals surface area contributed by atoms with Crippen molar-refractivity contribution in [2.24, 2.45) is 5.92 Å². The van der Waals surface area contributed by atoms with Crippen LogP contribution >= 0.6 is 0 Å². The van der Waals surface area contributed by atoms with E-state index in [2.05, 4.69) is 0 Å². The Kier molecular flexibility index (Phi) is 12.6. The number of carbonyl (C=O) groups excluding carboxylic acids is 6. The molecule has 2 rings (SSSR count). The highest BCUT2D eigenvalue weighted by molar-refractivity contribution is 6.05. The van der Waals surface area contributed by atoms with Crippen LogP contribution in [0.25, 0.3) is 0 Å². The summed E-state index contributed by atoms with van der Waals surface area (Å²) >= 11 is 0. The van der Waals surface area contributed by atoms with Crippen molar-refractivity contribution in [1.82, 2.24) is 9.80 Å². The quantitative estimate of drug-likeness (QED) is 0.102. The molecule has 0 aromatic heterocycles. The number of amides is 3. The Morgan fingerprint density at radius 3 is 1.72 bits per heavy atom. The molecule has 0 bridgehead atoms. The highest BCUT2D eigenvalue weighted by atomic mass is 19.4. The molecule has 3 amide bonds. The van der Waals surface area contributed by atoms with Crippen LogP contribution in [0, 0.1) is 5.92 Å². The number of hydrogen-bond acceptors (Lipinski definition) is 12. The predicted octanol–water partition coefficient (Wildman–Crippen LogP) is 2.65. The average Bonchev–Trinajstić information content (AvgIpc) is 3.10. The summed E-state index contributed by atoms with van der Waals surface area (Å²) in [6.45, 7) is 5.72. The molecule has 0 radical (unpaired) electrons. The van der Waals surface area contributed by atoms with Gasteiger partial charge in [0.15, 0.2) is 30.5 Å². The van der Waals surface area contributed by atoms with E-state index in [9.17, 15) is 55.1 Å². The Hall–Kier alpha value is -3.68. The van der Waals surface area contributed by atoms with Gasteiger partial charge in [0.1, 0.15) is 18.8 Å². The van der Waals surface area contributed by atoms with Crippen molar-refractivity contribution in [3.63, 3.8) is 0 Å². The second kappa shape index (κ2) is 15.0. The normalized spacial score (nSPS) is 25.6. The molecule has 2 heterocycles. The van der Waals surface area contributed by atoms with E-state index in [0.29, 0.717) is 4.90 Å². The molecule has 0 aliphatic carbocycles. The van der Waals surface area contributed by atoms with Gasteiger partial charge in [-0.1, -0.05) is 0 Å². The molecule has 0 saturated carbocycles. The van der Waals surface area contributed by atoms with Crippen LogP contribution in [0.4, 0.5) is 31.1 Å². The maximum atomic E-state index is 13.7. The van der Waals surface area contributed by atoms with Gasteiger partial charge in [-0.05, 0) is 27.2 Å². The van der Waals surface area contributed by atoms with Crippen LogP contribution in [0.3, 0.4) is 0 Å². The van der Waals surface area contributed by atoms with Crippen molar-refractivity contribution < 1.29 is 83.5 Å². The standard InChI is InChI=1S/C27H36F6N2O12/c1-12(36)43-11-16-18(44-13(2)37)19(45-14(3)38)20(46-15(4)39)23(47-16)42-10-8-9-34-17(21(26(28,29)30)27(31,32)33)22(40)35(24(34)41)25(5,6)7/h16-21,23H,8-11H2,1-7H3/t16-,17?,18-,19+,20-,23-/m1/s1. The molecule has 0 spiro atoms. The minimum absolute atomic E-state index is 0.162. The van der Waals surface area contributed by atoms with E-state index in [4.69, 9.17) is 28.4 Å². The molecule has 14 nitrogen and oxygen atoms in total. The van der Waals surface area contributed by atoms with Crippen LogP contribution in [-0.2, 0) is 52.4 Å². The molecule has 47 heavy (non-hydrogen) atoms. The van der Waals surface area contributed by atoms with Crippen molar-refractivity contribution in [2.45, 2.75) is 110 Å². The zero-order valence-corrected chi connectivity index (χ0v) is 26.4. The molecular weight excluding hydrogens is 658 g/mol. The van der Waals surface area contributed by atoms with Crippen LogP contribution in [0.2, 0.25) is 0 Å². The van der Waals surface area contributed by atoms with Gasteiger partial charge in [0.2, 0.25) is 0 Å². The number of carbonyl (C=O) groups is 6. The van der Waals surface area contributed by atoms with Gasteiger partial charge in [-0.2, -0.15) is 26.3 Å². The lowest BCUT2D eigenvalue weighted by Crippen LogP contribution is -2.63. The fourth-order valence-electron chi connectivity index (χ4n) is 5.08. The number of urea groups is 1. The third kappa shape index (κ3) is 10.2. The van der Waals surface area contributed by atoms with E-state index in [1.165, 1.54) is 20.8 Å². The molecule has 0 aromatic carbocycles. The first-order valence-corrected chi connectivity index (χ1v) is 14.1. The number of alkyl halides is 6. The summed E-state index contributed by atoms with van der Waals surface area (Å²) in [5.74, 6) is -9.47. The van der Waals surface area contributed by atoms with Crippen LogP contribution < -0.4 is 0 Å². The summed E-state index contributed by atoms with van der Waals surface area (Å²) < 4.78 is 114. The number of nitrogens with zero attached hydrogens (tertiary/aromatic N) is 2. The topological polar surface area (TPSA) is 164 Å². The van der Waals surface area contributed by atoms with Crippen molar-refractivity contribution >= 4 is 35.8 Å². The fourth-order valence-corrected chi connectivity index (χ4v) is 5.08.